The molecule has 0 aliphatic carbocycles. The van der Waals surface area contributed by atoms with E-state index in [4.69, 9.17) is 4.84 Å². The predicted molar refractivity (Wildman–Crippen MR) is 47.1 cm³/mol. The molecule has 70 valence electrons. The molecule has 1 aromatic heterocycles. The Bertz CT molecular complexity index is 248. The number of nitrogens with zero attached hydrogens (tertiary/aromatic N) is 3. The van der Waals surface area contributed by atoms with E-state index in [0.717, 1.165) is 26.2 Å². The van der Waals surface area contributed by atoms with Gasteiger partial charge < -0.3 is 10.2 Å². The molecule has 1 aliphatic heterocycles. The Morgan fingerprint density at radius 2 is 2.15 bits per heavy atom. The molecule has 0 atom stereocenters. The fourth-order valence-corrected chi connectivity index (χ4v) is 1.20. The second kappa shape index (κ2) is 4.15. The van der Waals surface area contributed by atoms with Crippen LogP contribution >= 0.6 is 0 Å². The zero-order valence-electron chi connectivity index (χ0n) is 7.31. The Morgan fingerprint density at radius 3 is 2.85 bits per heavy atom. The van der Waals surface area contributed by atoms with Gasteiger partial charge in [0.1, 0.15) is 0 Å². The van der Waals surface area contributed by atoms with Crippen molar-refractivity contribution in [1.82, 2.24) is 20.3 Å². The van der Waals surface area contributed by atoms with Gasteiger partial charge in [-0.1, -0.05) is 0 Å². The van der Waals surface area contributed by atoms with Crippen LogP contribution in [-0.2, 0) is 0 Å². The molecule has 1 N–H and O–H groups in total. The first-order valence-electron chi connectivity index (χ1n) is 4.35. The van der Waals surface area contributed by atoms with Crippen molar-refractivity contribution in [3.05, 3.63) is 18.6 Å². The molecule has 1 saturated heterocycles. The third-order valence-corrected chi connectivity index (χ3v) is 1.84. The molecule has 2 heterocycles. The summed E-state index contributed by atoms with van der Waals surface area (Å²) in [6.45, 7) is 3.69. The molecule has 0 amide bonds. The highest BCUT2D eigenvalue weighted by Gasteiger charge is 2.11. The van der Waals surface area contributed by atoms with Gasteiger partial charge in [-0.3, -0.25) is 4.98 Å². The molecule has 1 fully saturated rings. The molecule has 0 bridgehead atoms. The minimum atomic E-state index is 0.560. The van der Waals surface area contributed by atoms with Gasteiger partial charge in [0.2, 0.25) is 0 Å². The van der Waals surface area contributed by atoms with E-state index in [2.05, 4.69) is 15.3 Å². The van der Waals surface area contributed by atoms with Crippen molar-refractivity contribution in [1.29, 1.82) is 0 Å². The van der Waals surface area contributed by atoms with E-state index in [1.165, 1.54) is 0 Å². The molecule has 2 rings (SSSR count). The van der Waals surface area contributed by atoms with Crippen LogP contribution in [0, 0.1) is 0 Å². The SMILES string of the molecule is c1cnc(ON2CCNCC2)cn1. The third kappa shape index (κ3) is 2.37. The summed E-state index contributed by atoms with van der Waals surface area (Å²) in [5.41, 5.74) is 0. The molecule has 0 aromatic carbocycles. The van der Waals surface area contributed by atoms with Crippen LogP contribution in [0.4, 0.5) is 0 Å². The molecular formula is C8H12N4O. The van der Waals surface area contributed by atoms with Gasteiger partial charge in [0.25, 0.3) is 5.88 Å². The lowest BCUT2D eigenvalue weighted by Crippen LogP contribution is -2.45. The van der Waals surface area contributed by atoms with Gasteiger partial charge in [-0.15, -0.1) is 5.06 Å². The fourth-order valence-electron chi connectivity index (χ4n) is 1.20. The lowest BCUT2D eigenvalue weighted by atomic mass is 10.4. The maximum atomic E-state index is 5.48. The van der Waals surface area contributed by atoms with Crippen LogP contribution in [0.25, 0.3) is 0 Å². The van der Waals surface area contributed by atoms with Crippen molar-refractivity contribution >= 4 is 0 Å². The Labute approximate surface area is 76.7 Å². The number of aromatic nitrogens is 2. The Balaban J connectivity index is 1.90. The number of hydrogen-bond donors (Lipinski definition) is 1. The summed E-state index contributed by atoms with van der Waals surface area (Å²) in [6.07, 6.45) is 4.87. The van der Waals surface area contributed by atoms with Crippen LogP contribution in [0.5, 0.6) is 5.88 Å². The summed E-state index contributed by atoms with van der Waals surface area (Å²) in [6, 6.07) is 0. The van der Waals surface area contributed by atoms with E-state index in [1.54, 1.807) is 18.6 Å². The Kier molecular flexibility index (Phi) is 2.68. The van der Waals surface area contributed by atoms with Crippen LogP contribution in [0.2, 0.25) is 0 Å². The lowest BCUT2D eigenvalue weighted by Gasteiger charge is -2.25. The first-order chi connectivity index (χ1) is 6.45. The molecule has 13 heavy (non-hydrogen) atoms. The van der Waals surface area contributed by atoms with Crippen molar-refractivity contribution in [2.45, 2.75) is 0 Å². The average Bonchev–Trinajstić information content (AvgIpc) is 2.21. The second-order valence-corrected chi connectivity index (χ2v) is 2.81. The van der Waals surface area contributed by atoms with Crippen molar-refractivity contribution in [3.63, 3.8) is 0 Å². The van der Waals surface area contributed by atoms with Gasteiger partial charge in [0.05, 0.1) is 6.20 Å². The molecule has 1 aromatic rings. The first kappa shape index (κ1) is 8.40. The molecule has 0 radical (unpaired) electrons. The topological polar surface area (TPSA) is 50.3 Å². The van der Waals surface area contributed by atoms with Gasteiger partial charge in [-0.25, -0.2) is 4.98 Å². The van der Waals surface area contributed by atoms with E-state index in [1.807, 2.05) is 5.06 Å². The van der Waals surface area contributed by atoms with Gasteiger partial charge >= 0.3 is 0 Å². The quantitative estimate of drug-likeness (QED) is 0.675. The van der Waals surface area contributed by atoms with E-state index in [0.29, 0.717) is 5.88 Å². The van der Waals surface area contributed by atoms with Gasteiger partial charge in [-0.05, 0) is 0 Å². The fraction of sp³-hybridized carbons (Fsp3) is 0.500. The molecule has 0 unspecified atom stereocenters. The molecule has 1 aliphatic rings. The maximum absolute atomic E-state index is 5.48. The Morgan fingerprint density at radius 1 is 1.31 bits per heavy atom. The standard InChI is InChI=1S/C8H12N4O/c1-2-11-8(7-10-1)13-12-5-3-9-4-6-12/h1-2,7,9H,3-6H2. The summed E-state index contributed by atoms with van der Waals surface area (Å²) in [5.74, 6) is 0.560. The van der Waals surface area contributed by atoms with Gasteiger partial charge in [0.15, 0.2) is 0 Å². The minimum Gasteiger partial charge on any atom is -0.384 e. The number of piperazine rings is 1. The van der Waals surface area contributed by atoms with Crippen molar-refractivity contribution in [2.75, 3.05) is 26.2 Å². The third-order valence-electron chi connectivity index (χ3n) is 1.84. The highest BCUT2D eigenvalue weighted by Crippen LogP contribution is 2.04. The molecule has 5 heteroatoms. The second-order valence-electron chi connectivity index (χ2n) is 2.81. The van der Waals surface area contributed by atoms with Crippen molar-refractivity contribution in [3.8, 4) is 5.88 Å². The van der Waals surface area contributed by atoms with Crippen molar-refractivity contribution < 1.29 is 4.84 Å². The summed E-state index contributed by atoms with van der Waals surface area (Å²) < 4.78 is 0. The molecule has 5 nitrogen and oxygen atoms in total. The first-order valence-corrected chi connectivity index (χ1v) is 4.35. The molecular weight excluding hydrogens is 168 g/mol. The monoisotopic (exact) mass is 180 g/mol. The largest absolute Gasteiger partial charge is 0.384 e. The number of hydroxylamine groups is 2. The van der Waals surface area contributed by atoms with Gasteiger partial charge in [-0.2, -0.15) is 0 Å². The number of rotatable bonds is 2. The number of hydrogen-bond acceptors (Lipinski definition) is 5. The zero-order chi connectivity index (χ0) is 8.93. The predicted octanol–water partition coefficient (Wildman–Crippen LogP) is -0.324. The van der Waals surface area contributed by atoms with Gasteiger partial charge in [0, 0.05) is 38.6 Å². The summed E-state index contributed by atoms with van der Waals surface area (Å²) in [5, 5.41) is 5.13. The normalized spacial score (nSPS) is 18.5. The highest BCUT2D eigenvalue weighted by molar-refractivity contribution is 5.00. The molecule has 0 saturated carbocycles. The smallest absolute Gasteiger partial charge is 0.256 e. The Hall–Kier alpha value is -1.20. The van der Waals surface area contributed by atoms with Crippen LogP contribution in [0.15, 0.2) is 18.6 Å². The molecule has 0 spiro atoms. The van der Waals surface area contributed by atoms with Crippen molar-refractivity contribution in [2.24, 2.45) is 0 Å². The zero-order valence-corrected chi connectivity index (χ0v) is 7.31. The average molecular weight is 180 g/mol. The maximum Gasteiger partial charge on any atom is 0.256 e. The van der Waals surface area contributed by atoms with Crippen LogP contribution in [0.3, 0.4) is 0 Å². The van der Waals surface area contributed by atoms with Crippen LogP contribution in [0.1, 0.15) is 0 Å². The minimum absolute atomic E-state index is 0.560. The van der Waals surface area contributed by atoms with E-state index < -0.39 is 0 Å². The summed E-state index contributed by atoms with van der Waals surface area (Å²) in [4.78, 5) is 13.4. The van der Waals surface area contributed by atoms with E-state index in [9.17, 15) is 0 Å². The summed E-state index contributed by atoms with van der Waals surface area (Å²) >= 11 is 0. The van der Waals surface area contributed by atoms with E-state index in [-0.39, 0.29) is 0 Å². The van der Waals surface area contributed by atoms with Crippen LogP contribution < -0.4 is 10.2 Å². The lowest BCUT2D eigenvalue weighted by molar-refractivity contribution is -0.0706. The van der Waals surface area contributed by atoms with E-state index >= 15 is 0 Å². The summed E-state index contributed by atoms with van der Waals surface area (Å²) in [7, 11) is 0. The number of nitrogens with one attached hydrogen (secondary N) is 1. The van der Waals surface area contributed by atoms with Crippen LogP contribution in [-0.4, -0.2) is 41.2 Å². The highest BCUT2D eigenvalue weighted by atomic mass is 16.7.